The molecule has 0 aromatic heterocycles. The number of carboxylic acid groups (broad SMARTS) is 2. The van der Waals surface area contributed by atoms with Crippen LogP contribution in [0.5, 0.6) is 0 Å². The first-order chi connectivity index (χ1) is 5.11. The quantitative estimate of drug-likeness (QED) is 0.493. The van der Waals surface area contributed by atoms with Crippen molar-refractivity contribution in [1.82, 2.24) is 0 Å². The van der Waals surface area contributed by atoms with Crippen molar-refractivity contribution in [3.05, 3.63) is 0 Å². The average Bonchev–Trinajstić information content (AvgIpc) is 2.33. The van der Waals surface area contributed by atoms with E-state index in [0.717, 1.165) is 0 Å². The smallest absolute Gasteiger partial charge is 0.550 e. The molecule has 1 saturated heterocycles. The van der Waals surface area contributed by atoms with Gasteiger partial charge in [-0.2, -0.15) is 0 Å². The minimum absolute atomic E-state index is 0. The van der Waals surface area contributed by atoms with Crippen LogP contribution in [-0.2, 0) is 36.7 Å². The largest absolute Gasteiger partial charge is 2.00 e. The van der Waals surface area contributed by atoms with E-state index in [-0.39, 0.29) is 35.4 Å². The third-order valence-corrected chi connectivity index (χ3v) is 1.59. The number of carboxylic acids is 2. The summed E-state index contributed by atoms with van der Waals surface area (Å²) in [6, 6.07) is 0. The monoisotopic (exact) mass is 265 g/mol. The van der Waals surface area contributed by atoms with E-state index < -0.39 is 24.0 Å². The second-order valence-electron chi connectivity index (χ2n) is 2.39. The van der Waals surface area contributed by atoms with Gasteiger partial charge < -0.3 is 24.5 Å². The van der Waals surface area contributed by atoms with Gasteiger partial charge in [-0.15, -0.1) is 0 Å². The summed E-state index contributed by atoms with van der Waals surface area (Å²) in [6.45, 7) is -0.0962. The number of carbonyl (C=O) groups is 2. The van der Waals surface area contributed by atoms with Crippen molar-refractivity contribution in [2.75, 3.05) is 6.61 Å². The maximum atomic E-state index is 10.2. The Morgan fingerprint density at radius 1 is 1.25 bits per heavy atom. The van der Waals surface area contributed by atoms with Gasteiger partial charge in [0.25, 0.3) is 0 Å². The summed E-state index contributed by atoms with van der Waals surface area (Å²) in [5, 5.41) is 20.3. The van der Waals surface area contributed by atoms with Gasteiger partial charge in [0, 0.05) is 11.9 Å². The molecular formula is C6H6AgO5. The summed E-state index contributed by atoms with van der Waals surface area (Å²) in [7, 11) is 0. The number of ether oxygens (including phenoxy) is 1. The summed E-state index contributed by atoms with van der Waals surface area (Å²) < 4.78 is 4.61. The normalized spacial score (nSPS) is 27.7. The van der Waals surface area contributed by atoms with Crippen molar-refractivity contribution in [2.45, 2.75) is 12.5 Å². The van der Waals surface area contributed by atoms with Crippen molar-refractivity contribution >= 4 is 11.9 Å². The van der Waals surface area contributed by atoms with E-state index in [1.54, 1.807) is 0 Å². The Bertz CT molecular complexity index is 172. The Kier molecular flexibility index (Phi) is 4.48. The SMILES string of the molecule is O=C([O-])C1COC(C(=O)[O-])C1.[Ag+2]. The molecule has 0 saturated carbocycles. The molecule has 12 heavy (non-hydrogen) atoms. The molecule has 0 spiro atoms. The fourth-order valence-corrected chi connectivity index (χ4v) is 0.955. The number of hydrogen-bond donors (Lipinski definition) is 0. The van der Waals surface area contributed by atoms with E-state index >= 15 is 0 Å². The second-order valence-corrected chi connectivity index (χ2v) is 2.39. The summed E-state index contributed by atoms with van der Waals surface area (Å²) in [4.78, 5) is 20.3. The molecule has 0 aromatic rings. The van der Waals surface area contributed by atoms with Crippen LogP contribution in [0, 0.1) is 5.92 Å². The first kappa shape index (κ1) is 11.6. The van der Waals surface area contributed by atoms with E-state index in [0.29, 0.717) is 0 Å². The van der Waals surface area contributed by atoms with Crippen LogP contribution in [-0.4, -0.2) is 24.6 Å². The molecule has 0 bridgehead atoms. The molecule has 1 aliphatic heterocycles. The summed E-state index contributed by atoms with van der Waals surface area (Å²) in [6.07, 6.45) is -1.14. The minimum Gasteiger partial charge on any atom is -0.550 e. The van der Waals surface area contributed by atoms with Gasteiger partial charge in [0.2, 0.25) is 0 Å². The molecule has 1 rings (SSSR count). The fourth-order valence-electron chi connectivity index (χ4n) is 0.955. The molecule has 1 aliphatic rings. The van der Waals surface area contributed by atoms with E-state index in [2.05, 4.69) is 4.74 Å². The molecule has 2 unspecified atom stereocenters. The van der Waals surface area contributed by atoms with Crippen LogP contribution in [0.15, 0.2) is 0 Å². The maximum absolute atomic E-state index is 10.2. The second kappa shape index (κ2) is 4.61. The van der Waals surface area contributed by atoms with Gasteiger partial charge in [-0.3, -0.25) is 0 Å². The molecule has 1 fully saturated rings. The molecule has 0 aliphatic carbocycles. The first-order valence-electron chi connectivity index (χ1n) is 3.14. The Labute approximate surface area is 84.2 Å². The van der Waals surface area contributed by atoms with E-state index in [4.69, 9.17) is 0 Å². The Hall–Kier alpha value is -0.360. The van der Waals surface area contributed by atoms with E-state index in [1.165, 1.54) is 0 Å². The molecule has 1 radical (unpaired) electrons. The zero-order chi connectivity index (χ0) is 8.43. The van der Waals surface area contributed by atoms with Crippen LogP contribution in [0.1, 0.15) is 6.42 Å². The van der Waals surface area contributed by atoms with E-state index in [9.17, 15) is 19.8 Å². The van der Waals surface area contributed by atoms with Crippen LogP contribution in [0.2, 0.25) is 0 Å². The maximum Gasteiger partial charge on any atom is 2.00 e. The van der Waals surface area contributed by atoms with Crippen LogP contribution in [0.4, 0.5) is 0 Å². The van der Waals surface area contributed by atoms with Gasteiger partial charge >= 0.3 is 22.4 Å². The Morgan fingerprint density at radius 2 is 1.83 bits per heavy atom. The van der Waals surface area contributed by atoms with Crippen molar-refractivity contribution in [3.63, 3.8) is 0 Å². The minimum atomic E-state index is -1.37. The molecule has 5 nitrogen and oxygen atoms in total. The van der Waals surface area contributed by atoms with Gasteiger partial charge in [-0.1, -0.05) is 0 Å². The molecule has 1 heterocycles. The zero-order valence-corrected chi connectivity index (χ0v) is 7.39. The van der Waals surface area contributed by atoms with Crippen molar-refractivity contribution in [1.29, 1.82) is 0 Å². The predicted octanol–water partition coefficient (Wildman–Crippen LogP) is -3.11. The topological polar surface area (TPSA) is 89.5 Å². The van der Waals surface area contributed by atoms with E-state index in [1.807, 2.05) is 0 Å². The summed E-state index contributed by atoms with van der Waals surface area (Å²) in [5.74, 6) is -3.44. The average molecular weight is 266 g/mol. The van der Waals surface area contributed by atoms with Crippen molar-refractivity contribution in [2.24, 2.45) is 5.92 Å². The van der Waals surface area contributed by atoms with Crippen molar-refractivity contribution in [3.8, 4) is 0 Å². The van der Waals surface area contributed by atoms with Gasteiger partial charge in [0.15, 0.2) is 0 Å². The first-order valence-corrected chi connectivity index (χ1v) is 3.14. The van der Waals surface area contributed by atoms with Gasteiger partial charge in [0.1, 0.15) is 0 Å². The standard InChI is InChI=1S/C6H8O5.Ag/c7-5(8)3-1-4(6(9)10)11-2-3;/h3-4H,1-2H2,(H,7,8)(H,9,10);/q;+2/p-2. The number of aliphatic carboxylic acids is 2. The third kappa shape index (κ3) is 2.60. The van der Waals surface area contributed by atoms with Crippen LogP contribution < -0.4 is 10.2 Å². The Balaban J connectivity index is 0.00000121. The van der Waals surface area contributed by atoms with Gasteiger partial charge in [0.05, 0.1) is 18.7 Å². The molecule has 0 N–H and O–H groups in total. The molecule has 0 aromatic carbocycles. The molecular weight excluding hydrogens is 260 g/mol. The molecule has 71 valence electrons. The van der Waals surface area contributed by atoms with Gasteiger partial charge in [-0.05, 0) is 6.42 Å². The summed E-state index contributed by atoms with van der Waals surface area (Å²) in [5.41, 5.74) is 0. The van der Waals surface area contributed by atoms with Crippen molar-refractivity contribution < 1.29 is 46.9 Å². The van der Waals surface area contributed by atoms with Crippen LogP contribution >= 0.6 is 0 Å². The summed E-state index contributed by atoms with van der Waals surface area (Å²) >= 11 is 0. The fraction of sp³-hybridized carbons (Fsp3) is 0.667. The Morgan fingerprint density at radius 3 is 2.08 bits per heavy atom. The molecule has 2 atom stereocenters. The van der Waals surface area contributed by atoms with Crippen LogP contribution in [0.3, 0.4) is 0 Å². The molecule has 6 heteroatoms. The van der Waals surface area contributed by atoms with Gasteiger partial charge in [-0.25, -0.2) is 0 Å². The number of hydrogen-bond acceptors (Lipinski definition) is 5. The molecule has 0 amide bonds. The van der Waals surface area contributed by atoms with Crippen LogP contribution in [0.25, 0.3) is 0 Å². The number of rotatable bonds is 2. The third-order valence-electron chi connectivity index (χ3n) is 1.59. The zero-order valence-electron chi connectivity index (χ0n) is 5.91. The predicted molar refractivity (Wildman–Crippen MR) is 27.9 cm³/mol. The number of carbonyl (C=O) groups excluding carboxylic acids is 2.